The summed E-state index contributed by atoms with van der Waals surface area (Å²) in [5.74, 6) is -1.03. The summed E-state index contributed by atoms with van der Waals surface area (Å²) >= 11 is 0. The number of carboxylic acid groups (broad SMARTS) is 1. The molecule has 2 heterocycles. The van der Waals surface area contributed by atoms with Gasteiger partial charge in [0.15, 0.2) is 5.69 Å². The Morgan fingerprint density at radius 1 is 1.50 bits per heavy atom. The highest BCUT2D eigenvalue weighted by atomic mass is 16.4. The van der Waals surface area contributed by atoms with Crippen molar-refractivity contribution < 1.29 is 9.90 Å². The molecule has 0 unspecified atom stereocenters. The summed E-state index contributed by atoms with van der Waals surface area (Å²) in [5.41, 5.74) is 1.74. The van der Waals surface area contributed by atoms with Crippen LogP contribution in [0.2, 0.25) is 0 Å². The number of aromatic carboxylic acids is 1. The summed E-state index contributed by atoms with van der Waals surface area (Å²) in [4.78, 5) is 10.7. The number of carboxylic acids is 1. The standard InChI is InChI=1S/C10H12N4O2/c1-3-7-9(6-13(2)11-7)14-5-4-8(12-14)10(15)16/h4-6H,3H2,1-2H3,(H,15,16). The molecule has 2 aromatic heterocycles. The van der Waals surface area contributed by atoms with Gasteiger partial charge in [0.05, 0.1) is 11.9 Å². The quantitative estimate of drug-likeness (QED) is 0.832. The first-order chi connectivity index (χ1) is 7.61. The van der Waals surface area contributed by atoms with E-state index in [1.165, 1.54) is 10.7 Å². The van der Waals surface area contributed by atoms with Crippen LogP contribution in [-0.4, -0.2) is 30.6 Å². The van der Waals surface area contributed by atoms with Gasteiger partial charge < -0.3 is 5.11 Å². The largest absolute Gasteiger partial charge is 0.476 e. The van der Waals surface area contributed by atoms with Gasteiger partial charge in [0.2, 0.25) is 0 Å². The van der Waals surface area contributed by atoms with Crippen LogP contribution in [0.15, 0.2) is 18.5 Å². The molecule has 16 heavy (non-hydrogen) atoms. The van der Waals surface area contributed by atoms with Gasteiger partial charge in [0.25, 0.3) is 0 Å². The Bertz CT molecular complexity index is 527. The minimum absolute atomic E-state index is 0.0332. The Kier molecular flexibility index (Phi) is 2.47. The van der Waals surface area contributed by atoms with Crippen LogP contribution in [0.5, 0.6) is 0 Å². The molecule has 0 atom stereocenters. The fraction of sp³-hybridized carbons (Fsp3) is 0.300. The predicted octanol–water partition coefficient (Wildman–Crippen LogP) is 0.866. The maximum absolute atomic E-state index is 10.7. The molecule has 0 fully saturated rings. The average molecular weight is 220 g/mol. The maximum Gasteiger partial charge on any atom is 0.356 e. The summed E-state index contributed by atoms with van der Waals surface area (Å²) in [6.45, 7) is 1.99. The smallest absolute Gasteiger partial charge is 0.356 e. The zero-order valence-electron chi connectivity index (χ0n) is 9.08. The molecule has 0 spiro atoms. The molecule has 2 rings (SSSR count). The van der Waals surface area contributed by atoms with Crippen LogP contribution in [0.1, 0.15) is 23.1 Å². The van der Waals surface area contributed by atoms with E-state index >= 15 is 0 Å². The van der Waals surface area contributed by atoms with Gasteiger partial charge in [-0.1, -0.05) is 6.92 Å². The lowest BCUT2D eigenvalue weighted by molar-refractivity contribution is 0.0690. The van der Waals surface area contributed by atoms with Crippen molar-refractivity contribution in [2.75, 3.05) is 0 Å². The maximum atomic E-state index is 10.7. The third kappa shape index (κ3) is 1.69. The molecule has 0 saturated heterocycles. The van der Waals surface area contributed by atoms with Gasteiger partial charge in [0, 0.05) is 13.2 Å². The van der Waals surface area contributed by atoms with E-state index in [1.54, 1.807) is 10.9 Å². The number of hydrogen-bond donors (Lipinski definition) is 1. The van der Waals surface area contributed by atoms with Crippen molar-refractivity contribution in [3.63, 3.8) is 0 Å². The van der Waals surface area contributed by atoms with E-state index in [-0.39, 0.29) is 5.69 Å². The predicted molar refractivity (Wildman–Crippen MR) is 56.7 cm³/mol. The van der Waals surface area contributed by atoms with Crippen molar-refractivity contribution in [3.05, 3.63) is 29.8 Å². The normalized spacial score (nSPS) is 10.6. The van der Waals surface area contributed by atoms with Crippen molar-refractivity contribution in [1.29, 1.82) is 0 Å². The lowest BCUT2D eigenvalue weighted by Crippen LogP contribution is -2.02. The van der Waals surface area contributed by atoms with Crippen LogP contribution in [0.4, 0.5) is 0 Å². The van der Waals surface area contributed by atoms with Gasteiger partial charge in [-0.2, -0.15) is 10.2 Å². The molecule has 0 aliphatic heterocycles. The molecule has 0 aliphatic rings. The van der Waals surface area contributed by atoms with E-state index in [9.17, 15) is 4.79 Å². The van der Waals surface area contributed by atoms with E-state index in [0.717, 1.165) is 17.8 Å². The van der Waals surface area contributed by atoms with E-state index < -0.39 is 5.97 Å². The van der Waals surface area contributed by atoms with Crippen LogP contribution < -0.4 is 0 Å². The second-order valence-corrected chi connectivity index (χ2v) is 3.44. The molecule has 2 aromatic rings. The Morgan fingerprint density at radius 3 is 2.81 bits per heavy atom. The molecular formula is C10H12N4O2. The molecule has 0 bridgehead atoms. The second kappa shape index (κ2) is 3.80. The van der Waals surface area contributed by atoms with Gasteiger partial charge in [-0.3, -0.25) is 4.68 Å². The van der Waals surface area contributed by atoms with Crippen LogP contribution in [0, 0.1) is 0 Å². The SMILES string of the molecule is CCc1nn(C)cc1-n1ccc(C(=O)O)n1. The number of carbonyl (C=O) groups is 1. The molecular weight excluding hydrogens is 208 g/mol. The minimum atomic E-state index is -1.03. The number of hydrogen-bond acceptors (Lipinski definition) is 3. The molecule has 0 aromatic carbocycles. The number of aromatic nitrogens is 4. The van der Waals surface area contributed by atoms with Crippen LogP contribution in [-0.2, 0) is 13.5 Å². The Morgan fingerprint density at radius 2 is 2.25 bits per heavy atom. The number of nitrogens with zero attached hydrogens (tertiary/aromatic N) is 4. The molecule has 0 saturated carbocycles. The summed E-state index contributed by atoms with van der Waals surface area (Å²) < 4.78 is 3.23. The van der Waals surface area contributed by atoms with Crippen LogP contribution in [0.25, 0.3) is 5.69 Å². The lowest BCUT2D eigenvalue weighted by Gasteiger charge is -1.98. The highest BCUT2D eigenvalue weighted by Crippen LogP contribution is 2.12. The van der Waals surface area contributed by atoms with Crippen molar-refractivity contribution in [1.82, 2.24) is 19.6 Å². The van der Waals surface area contributed by atoms with E-state index in [1.807, 2.05) is 20.2 Å². The summed E-state index contributed by atoms with van der Waals surface area (Å²) in [7, 11) is 1.82. The molecule has 1 N–H and O–H groups in total. The fourth-order valence-corrected chi connectivity index (χ4v) is 1.54. The van der Waals surface area contributed by atoms with Crippen LogP contribution in [0.3, 0.4) is 0 Å². The zero-order chi connectivity index (χ0) is 11.7. The van der Waals surface area contributed by atoms with Crippen molar-refractivity contribution in [2.45, 2.75) is 13.3 Å². The Hall–Kier alpha value is -2.11. The Balaban J connectivity index is 2.45. The average Bonchev–Trinajstić information content (AvgIpc) is 2.82. The first-order valence-corrected chi connectivity index (χ1v) is 4.93. The fourth-order valence-electron chi connectivity index (χ4n) is 1.54. The van der Waals surface area contributed by atoms with Crippen LogP contribution >= 0.6 is 0 Å². The monoisotopic (exact) mass is 220 g/mol. The Labute approximate surface area is 92.1 Å². The molecule has 6 heteroatoms. The number of aryl methyl sites for hydroxylation is 2. The summed E-state index contributed by atoms with van der Waals surface area (Å²) in [6.07, 6.45) is 4.22. The van der Waals surface area contributed by atoms with Gasteiger partial charge in [-0.25, -0.2) is 9.48 Å². The van der Waals surface area contributed by atoms with Gasteiger partial charge in [0.1, 0.15) is 5.69 Å². The minimum Gasteiger partial charge on any atom is -0.476 e. The summed E-state index contributed by atoms with van der Waals surface area (Å²) in [6, 6.07) is 1.47. The third-order valence-corrected chi connectivity index (χ3v) is 2.27. The highest BCUT2D eigenvalue weighted by molar-refractivity contribution is 5.85. The van der Waals surface area contributed by atoms with Crippen molar-refractivity contribution in [3.8, 4) is 5.69 Å². The van der Waals surface area contributed by atoms with E-state index in [2.05, 4.69) is 10.2 Å². The van der Waals surface area contributed by atoms with E-state index in [0.29, 0.717) is 0 Å². The highest BCUT2D eigenvalue weighted by Gasteiger charge is 2.12. The van der Waals surface area contributed by atoms with Gasteiger partial charge in [-0.15, -0.1) is 0 Å². The molecule has 0 radical (unpaired) electrons. The summed E-state index contributed by atoms with van der Waals surface area (Å²) in [5, 5.41) is 17.0. The molecule has 6 nitrogen and oxygen atoms in total. The van der Waals surface area contributed by atoms with Crippen molar-refractivity contribution in [2.24, 2.45) is 7.05 Å². The lowest BCUT2D eigenvalue weighted by atomic mass is 10.3. The third-order valence-electron chi connectivity index (χ3n) is 2.27. The molecule has 84 valence electrons. The van der Waals surface area contributed by atoms with Crippen molar-refractivity contribution >= 4 is 5.97 Å². The second-order valence-electron chi connectivity index (χ2n) is 3.44. The first kappa shape index (κ1) is 10.4. The van der Waals surface area contributed by atoms with Gasteiger partial charge >= 0.3 is 5.97 Å². The zero-order valence-corrected chi connectivity index (χ0v) is 9.08. The first-order valence-electron chi connectivity index (χ1n) is 4.93. The topological polar surface area (TPSA) is 72.9 Å². The molecule has 0 amide bonds. The van der Waals surface area contributed by atoms with E-state index in [4.69, 9.17) is 5.11 Å². The molecule has 0 aliphatic carbocycles. The number of rotatable bonds is 3. The van der Waals surface area contributed by atoms with Gasteiger partial charge in [-0.05, 0) is 12.5 Å².